The first-order valence-corrected chi connectivity index (χ1v) is 7.73. The minimum absolute atomic E-state index is 0.0159. The fourth-order valence-electron chi connectivity index (χ4n) is 2.96. The van der Waals surface area contributed by atoms with Crippen molar-refractivity contribution in [1.29, 1.82) is 0 Å². The van der Waals surface area contributed by atoms with Gasteiger partial charge in [-0.2, -0.15) is 0 Å². The lowest BCUT2D eigenvalue weighted by atomic mass is 9.88. The van der Waals surface area contributed by atoms with Gasteiger partial charge in [0.25, 0.3) is 5.91 Å². The van der Waals surface area contributed by atoms with E-state index in [2.05, 4.69) is 31.1 Å². The third-order valence-corrected chi connectivity index (χ3v) is 4.29. The van der Waals surface area contributed by atoms with Crippen molar-refractivity contribution in [2.24, 2.45) is 0 Å². The van der Waals surface area contributed by atoms with E-state index >= 15 is 0 Å². The molecule has 1 heterocycles. The van der Waals surface area contributed by atoms with Crippen LogP contribution in [0.25, 0.3) is 0 Å². The number of amides is 1. The molecule has 1 amide bonds. The maximum Gasteiger partial charge on any atom is 0.305 e. The molecule has 0 aliphatic heterocycles. The maximum absolute atomic E-state index is 12.4. The van der Waals surface area contributed by atoms with E-state index in [1.165, 1.54) is 0 Å². The number of carbonyl (C=O) groups excluding carboxylic acids is 1. The number of hydrogen-bond acceptors (Lipinski definition) is 3. The van der Waals surface area contributed by atoms with Crippen molar-refractivity contribution in [3.63, 3.8) is 0 Å². The summed E-state index contributed by atoms with van der Waals surface area (Å²) in [5.41, 5.74) is 0.764. The van der Waals surface area contributed by atoms with E-state index in [9.17, 15) is 9.59 Å². The molecule has 1 fully saturated rings. The molecule has 5 nitrogen and oxygen atoms in total. The van der Waals surface area contributed by atoms with Crippen LogP contribution in [0, 0.1) is 0 Å². The number of carbonyl (C=O) groups is 2. The Kier molecular flexibility index (Phi) is 4.54. The third-order valence-electron chi connectivity index (χ3n) is 4.29. The first-order chi connectivity index (χ1) is 10.2. The summed E-state index contributed by atoms with van der Waals surface area (Å²) in [6.45, 7) is 6.26. The van der Waals surface area contributed by atoms with Gasteiger partial charge in [-0.1, -0.05) is 39.7 Å². The zero-order valence-electron chi connectivity index (χ0n) is 13.5. The molecule has 0 aromatic carbocycles. The van der Waals surface area contributed by atoms with E-state index in [1.54, 1.807) is 12.3 Å². The fourth-order valence-corrected chi connectivity index (χ4v) is 2.96. The molecule has 22 heavy (non-hydrogen) atoms. The Morgan fingerprint density at radius 3 is 2.36 bits per heavy atom. The lowest BCUT2D eigenvalue weighted by Gasteiger charge is -2.28. The van der Waals surface area contributed by atoms with Crippen LogP contribution in [0.5, 0.6) is 0 Å². The molecular weight excluding hydrogens is 280 g/mol. The van der Waals surface area contributed by atoms with Gasteiger partial charge in [-0.05, 0) is 29.9 Å². The standard InChI is InChI=1S/C17H24N2O3/c1-16(2,3)12-6-7-13(18-11-12)15(22)19-17(10-14(20)21)8-4-5-9-17/h6-7,11H,4-5,8-10H2,1-3H3,(H,19,22)(H,20,21). The average Bonchev–Trinajstić information content (AvgIpc) is 2.85. The van der Waals surface area contributed by atoms with Crippen LogP contribution in [0.1, 0.15) is 68.9 Å². The minimum Gasteiger partial charge on any atom is -0.481 e. The zero-order chi connectivity index (χ0) is 16.4. The van der Waals surface area contributed by atoms with Crippen LogP contribution in [0.15, 0.2) is 18.3 Å². The van der Waals surface area contributed by atoms with Crippen molar-refractivity contribution >= 4 is 11.9 Å². The second kappa shape index (κ2) is 6.07. The molecule has 1 aromatic rings. The molecule has 5 heteroatoms. The molecule has 2 rings (SSSR count). The molecule has 120 valence electrons. The topological polar surface area (TPSA) is 79.3 Å². The summed E-state index contributed by atoms with van der Waals surface area (Å²) in [5.74, 6) is -1.16. The van der Waals surface area contributed by atoms with Gasteiger partial charge in [0.2, 0.25) is 0 Å². The van der Waals surface area contributed by atoms with E-state index < -0.39 is 11.5 Å². The monoisotopic (exact) mass is 304 g/mol. The lowest BCUT2D eigenvalue weighted by Crippen LogP contribution is -2.48. The number of rotatable bonds is 4. The highest BCUT2D eigenvalue weighted by Gasteiger charge is 2.37. The smallest absolute Gasteiger partial charge is 0.305 e. The van der Waals surface area contributed by atoms with Gasteiger partial charge in [0.05, 0.1) is 12.0 Å². The lowest BCUT2D eigenvalue weighted by molar-refractivity contribution is -0.138. The summed E-state index contributed by atoms with van der Waals surface area (Å²) in [5, 5.41) is 12.0. The Hall–Kier alpha value is -1.91. The number of pyridine rings is 1. The first-order valence-electron chi connectivity index (χ1n) is 7.73. The fraction of sp³-hybridized carbons (Fsp3) is 0.588. The van der Waals surface area contributed by atoms with Crippen molar-refractivity contribution in [1.82, 2.24) is 10.3 Å². The Morgan fingerprint density at radius 2 is 1.91 bits per heavy atom. The molecule has 0 saturated heterocycles. The van der Waals surface area contributed by atoms with E-state index in [4.69, 9.17) is 5.11 Å². The number of carboxylic acids is 1. The van der Waals surface area contributed by atoms with Crippen LogP contribution in [-0.4, -0.2) is 27.5 Å². The quantitative estimate of drug-likeness (QED) is 0.896. The maximum atomic E-state index is 12.4. The third kappa shape index (κ3) is 3.84. The number of nitrogens with zero attached hydrogens (tertiary/aromatic N) is 1. The molecule has 0 atom stereocenters. The zero-order valence-corrected chi connectivity index (χ0v) is 13.5. The molecule has 0 spiro atoms. The summed E-state index contributed by atoms with van der Waals surface area (Å²) < 4.78 is 0. The first kappa shape index (κ1) is 16.5. The van der Waals surface area contributed by atoms with Crippen LogP contribution in [0.3, 0.4) is 0 Å². The highest BCUT2D eigenvalue weighted by Crippen LogP contribution is 2.33. The molecule has 1 aliphatic carbocycles. The number of aliphatic carboxylic acids is 1. The van der Waals surface area contributed by atoms with Gasteiger partial charge in [0.15, 0.2) is 0 Å². The molecule has 1 saturated carbocycles. The Bertz CT molecular complexity index is 552. The van der Waals surface area contributed by atoms with Gasteiger partial charge in [0, 0.05) is 6.20 Å². The summed E-state index contributed by atoms with van der Waals surface area (Å²) >= 11 is 0. The summed E-state index contributed by atoms with van der Waals surface area (Å²) in [6, 6.07) is 3.61. The normalized spacial score (nSPS) is 17.2. The van der Waals surface area contributed by atoms with Gasteiger partial charge >= 0.3 is 5.97 Å². The highest BCUT2D eigenvalue weighted by atomic mass is 16.4. The van der Waals surface area contributed by atoms with Crippen molar-refractivity contribution in [2.75, 3.05) is 0 Å². The Morgan fingerprint density at radius 1 is 1.27 bits per heavy atom. The summed E-state index contributed by atoms with van der Waals surface area (Å²) in [6.07, 6.45) is 5.01. The Labute approximate surface area is 131 Å². The van der Waals surface area contributed by atoms with Crippen molar-refractivity contribution < 1.29 is 14.7 Å². The largest absolute Gasteiger partial charge is 0.481 e. The van der Waals surface area contributed by atoms with Gasteiger partial charge in [-0.15, -0.1) is 0 Å². The van der Waals surface area contributed by atoms with Crippen LogP contribution in [0.4, 0.5) is 0 Å². The van der Waals surface area contributed by atoms with E-state index in [-0.39, 0.29) is 17.7 Å². The summed E-state index contributed by atoms with van der Waals surface area (Å²) in [4.78, 5) is 27.7. The second-order valence-electron chi connectivity index (χ2n) is 7.19. The van der Waals surface area contributed by atoms with Crippen LogP contribution < -0.4 is 5.32 Å². The molecule has 2 N–H and O–H groups in total. The summed E-state index contributed by atoms with van der Waals surface area (Å²) in [7, 11) is 0. The average molecular weight is 304 g/mol. The predicted octanol–water partition coefficient (Wildman–Crippen LogP) is 2.90. The molecule has 0 radical (unpaired) electrons. The SMILES string of the molecule is CC(C)(C)c1ccc(C(=O)NC2(CC(=O)O)CCCC2)nc1. The van der Waals surface area contributed by atoms with Crippen LogP contribution in [-0.2, 0) is 10.2 Å². The number of carboxylic acid groups (broad SMARTS) is 1. The molecule has 0 unspecified atom stereocenters. The molecular formula is C17H24N2O3. The minimum atomic E-state index is -0.877. The number of nitrogens with one attached hydrogen (secondary N) is 1. The molecule has 1 aromatic heterocycles. The molecule has 0 bridgehead atoms. The number of aromatic nitrogens is 1. The van der Waals surface area contributed by atoms with Crippen molar-refractivity contribution in [3.05, 3.63) is 29.6 Å². The number of hydrogen-bond donors (Lipinski definition) is 2. The second-order valence-corrected chi connectivity index (χ2v) is 7.19. The van der Waals surface area contributed by atoms with Gasteiger partial charge in [0.1, 0.15) is 5.69 Å². The van der Waals surface area contributed by atoms with Crippen molar-refractivity contribution in [3.8, 4) is 0 Å². The van der Waals surface area contributed by atoms with E-state index in [0.717, 1.165) is 18.4 Å². The van der Waals surface area contributed by atoms with Gasteiger partial charge in [-0.25, -0.2) is 0 Å². The highest BCUT2D eigenvalue weighted by molar-refractivity contribution is 5.93. The van der Waals surface area contributed by atoms with Crippen molar-refractivity contribution in [2.45, 2.75) is 63.8 Å². The van der Waals surface area contributed by atoms with Gasteiger partial charge in [-0.3, -0.25) is 14.6 Å². The van der Waals surface area contributed by atoms with E-state index in [1.807, 2.05) is 6.07 Å². The molecule has 1 aliphatic rings. The predicted molar refractivity (Wildman–Crippen MR) is 83.9 cm³/mol. The van der Waals surface area contributed by atoms with Crippen LogP contribution >= 0.6 is 0 Å². The Balaban J connectivity index is 2.12. The van der Waals surface area contributed by atoms with Crippen LogP contribution in [0.2, 0.25) is 0 Å². The van der Waals surface area contributed by atoms with Gasteiger partial charge < -0.3 is 10.4 Å². The van der Waals surface area contributed by atoms with E-state index in [0.29, 0.717) is 18.5 Å².